The maximum Gasteiger partial charge on any atom is 0.146 e. The number of hydrogen-bond acceptors (Lipinski definition) is 3. The van der Waals surface area contributed by atoms with Crippen LogP contribution in [0.15, 0.2) is 59.0 Å². The van der Waals surface area contributed by atoms with Gasteiger partial charge in [0.15, 0.2) is 0 Å². The van der Waals surface area contributed by atoms with E-state index in [-0.39, 0.29) is 0 Å². The lowest BCUT2D eigenvalue weighted by Crippen LogP contribution is -1.93. The summed E-state index contributed by atoms with van der Waals surface area (Å²) in [6.45, 7) is 0.418. The molecule has 0 saturated heterocycles. The highest BCUT2D eigenvalue weighted by Crippen LogP contribution is 2.21. The third kappa shape index (κ3) is 2.55. The normalized spacial score (nSPS) is 10.6. The van der Waals surface area contributed by atoms with E-state index in [2.05, 4.69) is 0 Å². The van der Waals surface area contributed by atoms with Crippen molar-refractivity contribution in [3.63, 3.8) is 0 Å². The molecule has 0 spiro atoms. The van der Waals surface area contributed by atoms with Crippen LogP contribution in [0.5, 0.6) is 11.5 Å². The molecule has 0 radical (unpaired) electrons. The summed E-state index contributed by atoms with van der Waals surface area (Å²) in [5.41, 5.74) is 0.885. The standard InChI is InChI=1S/C16H14O3/c1-17-13-6-8-14(9-7-13)18-11-15-10-12-4-2-3-5-16(12)19-15/h2-10H,11H2,1H3. The second-order valence-electron chi connectivity index (χ2n) is 4.21. The fourth-order valence-corrected chi connectivity index (χ4v) is 1.93. The topological polar surface area (TPSA) is 31.6 Å². The minimum atomic E-state index is 0.418. The SMILES string of the molecule is COc1ccc(OCc2cc3ccccc3o2)cc1. The van der Waals surface area contributed by atoms with Crippen molar-refractivity contribution in [2.24, 2.45) is 0 Å². The highest BCUT2D eigenvalue weighted by atomic mass is 16.5. The van der Waals surface area contributed by atoms with E-state index in [1.807, 2.05) is 54.6 Å². The van der Waals surface area contributed by atoms with E-state index in [0.717, 1.165) is 28.2 Å². The van der Waals surface area contributed by atoms with Crippen molar-refractivity contribution in [2.75, 3.05) is 7.11 Å². The highest BCUT2D eigenvalue weighted by molar-refractivity contribution is 5.77. The fourth-order valence-electron chi connectivity index (χ4n) is 1.93. The van der Waals surface area contributed by atoms with Gasteiger partial charge in [-0.3, -0.25) is 0 Å². The number of rotatable bonds is 4. The fraction of sp³-hybridized carbons (Fsp3) is 0.125. The molecular formula is C16H14O3. The minimum absolute atomic E-state index is 0.418. The molecule has 0 aliphatic rings. The Balaban J connectivity index is 1.70. The Kier molecular flexibility index (Phi) is 3.11. The molecule has 1 aromatic heterocycles. The molecule has 0 atom stereocenters. The van der Waals surface area contributed by atoms with Crippen LogP contribution in [0.1, 0.15) is 5.76 Å². The summed E-state index contributed by atoms with van der Waals surface area (Å²) < 4.78 is 16.5. The first-order valence-corrected chi connectivity index (χ1v) is 6.09. The molecule has 96 valence electrons. The van der Waals surface area contributed by atoms with Crippen molar-refractivity contribution in [2.45, 2.75) is 6.61 Å². The van der Waals surface area contributed by atoms with Crippen molar-refractivity contribution in [3.8, 4) is 11.5 Å². The van der Waals surface area contributed by atoms with Crippen LogP contribution in [-0.2, 0) is 6.61 Å². The van der Waals surface area contributed by atoms with Gasteiger partial charge in [-0.15, -0.1) is 0 Å². The Morgan fingerprint density at radius 3 is 2.42 bits per heavy atom. The number of para-hydroxylation sites is 1. The van der Waals surface area contributed by atoms with Gasteiger partial charge in [0.2, 0.25) is 0 Å². The van der Waals surface area contributed by atoms with Crippen LogP contribution in [0.4, 0.5) is 0 Å². The molecule has 0 amide bonds. The van der Waals surface area contributed by atoms with Gasteiger partial charge in [-0.05, 0) is 36.4 Å². The molecule has 0 unspecified atom stereocenters. The molecule has 3 rings (SSSR count). The first kappa shape index (κ1) is 11.7. The summed E-state index contributed by atoms with van der Waals surface area (Å²) in [6.07, 6.45) is 0. The minimum Gasteiger partial charge on any atom is -0.497 e. The van der Waals surface area contributed by atoms with E-state index in [1.165, 1.54) is 0 Å². The molecule has 0 aliphatic carbocycles. The van der Waals surface area contributed by atoms with Crippen molar-refractivity contribution in [1.82, 2.24) is 0 Å². The molecule has 3 aromatic rings. The number of fused-ring (bicyclic) bond motifs is 1. The van der Waals surface area contributed by atoms with Crippen molar-refractivity contribution in [3.05, 3.63) is 60.4 Å². The van der Waals surface area contributed by atoms with Crippen LogP contribution in [0.2, 0.25) is 0 Å². The third-order valence-electron chi connectivity index (χ3n) is 2.92. The molecule has 0 bridgehead atoms. The van der Waals surface area contributed by atoms with E-state index in [0.29, 0.717) is 6.61 Å². The van der Waals surface area contributed by atoms with Gasteiger partial charge in [0.05, 0.1) is 7.11 Å². The lowest BCUT2D eigenvalue weighted by molar-refractivity contribution is 0.274. The zero-order chi connectivity index (χ0) is 13.1. The number of benzene rings is 2. The van der Waals surface area contributed by atoms with E-state index in [1.54, 1.807) is 7.11 Å². The smallest absolute Gasteiger partial charge is 0.146 e. The average molecular weight is 254 g/mol. The van der Waals surface area contributed by atoms with Crippen LogP contribution in [0.3, 0.4) is 0 Å². The van der Waals surface area contributed by atoms with Gasteiger partial charge < -0.3 is 13.9 Å². The summed E-state index contributed by atoms with van der Waals surface area (Å²) in [5, 5.41) is 1.09. The first-order valence-electron chi connectivity index (χ1n) is 6.09. The molecule has 0 aliphatic heterocycles. The van der Waals surface area contributed by atoms with E-state index < -0.39 is 0 Å². The zero-order valence-electron chi connectivity index (χ0n) is 10.6. The van der Waals surface area contributed by atoms with Gasteiger partial charge in [0.25, 0.3) is 0 Å². The summed E-state index contributed by atoms with van der Waals surface area (Å²) in [6, 6.07) is 17.4. The molecule has 0 fully saturated rings. The molecule has 1 heterocycles. The summed E-state index contributed by atoms with van der Waals surface area (Å²) in [5.74, 6) is 2.43. The number of methoxy groups -OCH3 is 1. The Morgan fingerprint density at radius 2 is 1.68 bits per heavy atom. The number of furan rings is 1. The van der Waals surface area contributed by atoms with Gasteiger partial charge in [0.1, 0.15) is 29.4 Å². The Bertz CT molecular complexity index is 635. The molecule has 0 saturated carbocycles. The molecule has 0 N–H and O–H groups in total. The Labute approximate surface area is 111 Å². The number of ether oxygens (including phenoxy) is 2. The average Bonchev–Trinajstić information content (AvgIpc) is 2.88. The molecular weight excluding hydrogens is 240 g/mol. The predicted octanol–water partition coefficient (Wildman–Crippen LogP) is 4.02. The maximum atomic E-state index is 5.68. The number of hydrogen-bond donors (Lipinski definition) is 0. The lowest BCUT2D eigenvalue weighted by Gasteiger charge is -2.05. The van der Waals surface area contributed by atoms with Crippen LogP contribution in [0.25, 0.3) is 11.0 Å². The maximum absolute atomic E-state index is 5.68. The van der Waals surface area contributed by atoms with E-state index >= 15 is 0 Å². The summed E-state index contributed by atoms with van der Waals surface area (Å²) >= 11 is 0. The second-order valence-corrected chi connectivity index (χ2v) is 4.21. The zero-order valence-corrected chi connectivity index (χ0v) is 10.6. The largest absolute Gasteiger partial charge is 0.497 e. The summed E-state index contributed by atoms with van der Waals surface area (Å²) in [4.78, 5) is 0. The van der Waals surface area contributed by atoms with Crippen molar-refractivity contribution >= 4 is 11.0 Å². The van der Waals surface area contributed by atoms with Gasteiger partial charge in [-0.1, -0.05) is 18.2 Å². The second kappa shape index (κ2) is 5.06. The first-order chi connectivity index (χ1) is 9.35. The Morgan fingerprint density at radius 1 is 0.947 bits per heavy atom. The molecule has 2 aromatic carbocycles. The quantitative estimate of drug-likeness (QED) is 0.704. The molecule has 3 nitrogen and oxygen atoms in total. The molecule has 3 heteroatoms. The highest BCUT2D eigenvalue weighted by Gasteiger charge is 2.03. The van der Waals surface area contributed by atoms with Gasteiger partial charge in [0, 0.05) is 5.39 Å². The van der Waals surface area contributed by atoms with Gasteiger partial charge in [-0.25, -0.2) is 0 Å². The Hall–Kier alpha value is -2.42. The van der Waals surface area contributed by atoms with Crippen LogP contribution in [-0.4, -0.2) is 7.11 Å². The van der Waals surface area contributed by atoms with Gasteiger partial charge in [-0.2, -0.15) is 0 Å². The van der Waals surface area contributed by atoms with Crippen molar-refractivity contribution in [1.29, 1.82) is 0 Å². The molecule has 19 heavy (non-hydrogen) atoms. The monoisotopic (exact) mass is 254 g/mol. The van der Waals surface area contributed by atoms with E-state index in [4.69, 9.17) is 13.9 Å². The third-order valence-corrected chi connectivity index (χ3v) is 2.92. The lowest BCUT2D eigenvalue weighted by atomic mass is 10.2. The van der Waals surface area contributed by atoms with Crippen LogP contribution in [0, 0.1) is 0 Å². The van der Waals surface area contributed by atoms with E-state index in [9.17, 15) is 0 Å². The van der Waals surface area contributed by atoms with Crippen molar-refractivity contribution < 1.29 is 13.9 Å². The summed E-state index contributed by atoms with van der Waals surface area (Å²) in [7, 11) is 1.64. The predicted molar refractivity (Wildman–Crippen MR) is 73.5 cm³/mol. The van der Waals surface area contributed by atoms with Crippen LogP contribution >= 0.6 is 0 Å². The van der Waals surface area contributed by atoms with Gasteiger partial charge >= 0.3 is 0 Å². The van der Waals surface area contributed by atoms with Crippen LogP contribution < -0.4 is 9.47 Å².